The Kier molecular flexibility index (Phi) is 4.01. The first-order valence-corrected chi connectivity index (χ1v) is 7.28. The van der Waals surface area contributed by atoms with Crippen molar-refractivity contribution < 1.29 is 4.79 Å². The zero-order valence-electron chi connectivity index (χ0n) is 12.2. The zero-order valence-corrected chi connectivity index (χ0v) is 12.2. The molecule has 1 aliphatic rings. The molecule has 0 aliphatic carbocycles. The van der Waals surface area contributed by atoms with E-state index < -0.39 is 0 Å². The number of imidazole rings is 1. The number of hydrogen-bond donors (Lipinski definition) is 2. The summed E-state index contributed by atoms with van der Waals surface area (Å²) in [7, 11) is 1.96. The topological polar surface area (TPSA) is 59.0 Å². The molecule has 1 aromatic carbocycles. The molecule has 0 radical (unpaired) electrons. The summed E-state index contributed by atoms with van der Waals surface area (Å²) in [6, 6.07) is 8.14. The fraction of sp³-hybridized carbons (Fsp3) is 0.375. The van der Waals surface area contributed by atoms with Crippen LogP contribution in [0.25, 0.3) is 0 Å². The number of rotatable bonds is 4. The number of fused-ring (bicyclic) bond motifs is 1. The third-order valence-corrected chi connectivity index (χ3v) is 3.97. The highest BCUT2D eigenvalue weighted by atomic mass is 16.2. The van der Waals surface area contributed by atoms with E-state index in [-0.39, 0.29) is 11.9 Å². The Morgan fingerprint density at radius 2 is 2.24 bits per heavy atom. The van der Waals surface area contributed by atoms with Gasteiger partial charge in [-0.15, -0.1) is 0 Å². The molecule has 0 saturated heterocycles. The van der Waals surface area contributed by atoms with Crippen molar-refractivity contribution in [1.82, 2.24) is 20.2 Å². The van der Waals surface area contributed by atoms with Crippen LogP contribution in [-0.2, 0) is 31.2 Å². The van der Waals surface area contributed by atoms with Gasteiger partial charge in [0, 0.05) is 39.0 Å². The molecule has 110 valence electrons. The molecule has 1 amide bonds. The van der Waals surface area contributed by atoms with Gasteiger partial charge in [0.15, 0.2) is 0 Å². The number of nitrogens with one attached hydrogen (secondary N) is 2. The number of benzene rings is 1. The normalized spacial score (nSPS) is 17.3. The van der Waals surface area contributed by atoms with Crippen LogP contribution < -0.4 is 10.6 Å². The summed E-state index contributed by atoms with van der Waals surface area (Å²) < 4.78 is 1.97. The maximum absolute atomic E-state index is 12.2. The predicted molar refractivity (Wildman–Crippen MR) is 80.7 cm³/mol. The molecule has 0 spiro atoms. The first kappa shape index (κ1) is 13.8. The average molecular weight is 284 g/mol. The smallest absolute Gasteiger partial charge is 0.237 e. The van der Waals surface area contributed by atoms with Crippen LogP contribution in [0.3, 0.4) is 0 Å². The molecule has 5 nitrogen and oxygen atoms in total. The maximum Gasteiger partial charge on any atom is 0.237 e. The van der Waals surface area contributed by atoms with Gasteiger partial charge >= 0.3 is 0 Å². The minimum absolute atomic E-state index is 0.0683. The minimum Gasteiger partial charge on any atom is -0.354 e. The average Bonchev–Trinajstić information content (AvgIpc) is 2.92. The standard InChI is InChI=1S/C16H20N4O/c1-20-9-8-17-15(20)6-7-18-16(21)14-10-12-4-2-3-5-13(12)11-19-14/h2-5,8-9,14,19H,6-7,10-11H2,1H3,(H,18,21)/t14-/m1/s1. The SMILES string of the molecule is Cn1ccnc1CCNC(=O)[C@H]1Cc2ccccc2CN1. The van der Waals surface area contributed by atoms with E-state index in [0.717, 1.165) is 25.2 Å². The molecule has 2 heterocycles. The molecule has 1 atom stereocenters. The number of carbonyl (C=O) groups excluding carboxylic acids is 1. The number of amides is 1. The van der Waals surface area contributed by atoms with E-state index in [2.05, 4.69) is 27.8 Å². The van der Waals surface area contributed by atoms with Crippen LogP contribution in [-0.4, -0.2) is 28.0 Å². The summed E-state index contributed by atoms with van der Waals surface area (Å²) in [5, 5.41) is 6.29. The second-order valence-electron chi connectivity index (χ2n) is 5.40. The molecule has 5 heteroatoms. The van der Waals surface area contributed by atoms with Gasteiger partial charge in [-0.3, -0.25) is 4.79 Å². The molecular formula is C16H20N4O. The van der Waals surface area contributed by atoms with Gasteiger partial charge in [0.2, 0.25) is 5.91 Å². The Hall–Kier alpha value is -2.14. The van der Waals surface area contributed by atoms with E-state index in [1.807, 2.05) is 29.9 Å². The summed E-state index contributed by atoms with van der Waals surface area (Å²) in [5.41, 5.74) is 2.55. The fourth-order valence-corrected chi connectivity index (χ4v) is 2.70. The van der Waals surface area contributed by atoms with Crippen molar-refractivity contribution >= 4 is 5.91 Å². The van der Waals surface area contributed by atoms with Gasteiger partial charge < -0.3 is 15.2 Å². The Morgan fingerprint density at radius 1 is 1.43 bits per heavy atom. The van der Waals surface area contributed by atoms with Crippen LogP contribution in [0.15, 0.2) is 36.7 Å². The van der Waals surface area contributed by atoms with Crippen LogP contribution in [0.2, 0.25) is 0 Å². The van der Waals surface area contributed by atoms with Gasteiger partial charge in [-0.1, -0.05) is 24.3 Å². The molecule has 2 aromatic rings. The van der Waals surface area contributed by atoms with E-state index in [0.29, 0.717) is 6.54 Å². The molecule has 0 unspecified atom stereocenters. The van der Waals surface area contributed by atoms with E-state index in [1.165, 1.54) is 11.1 Å². The number of nitrogens with zero attached hydrogens (tertiary/aromatic N) is 2. The lowest BCUT2D eigenvalue weighted by molar-refractivity contribution is -0.123. The molecular weight excluding hydrogens is 264 g/mol. The molecule has 0 saturated carbocycles. The third kappa shape index (κ3) is 3.13. The molecule has 21 heavy (non-hydrogen) atoms. The number of hydrogen-bond acceptors (Lipinski definition) is 3. The lowest BCUT2D eigenvalue weighted by Crippen LogP contribution is -2.48. The number of carbonyl (C=O) groups is 1. The predicted octanol–water partition coefficient (Wildman–Crippen LogP) is 0.793. The second kappa shape index (κ2) is 6.10. The second-order valence-corrected chi connectivity index (χ2v) is 5.40. The quantitative estimate of drug-likeness (QED) is 0.873. The highest BCUT2D eigenvalue weighted by Crippen LogP contribution is 2.16. The summed E-state index contributed by atoms with van der Waals surface area (Å²) >= 11 is 0. The van der Waals surface area contributed by atoms with Crippen LogP contribution in [0, 0.1) is 0 Å². The van der Waals surface area contributed by atoms with Crippen LogP contribution >= 0.6 is 0 Å². The molecule has 3 rings (SSSR count). The first-order chi connectivity index (χ1) is 10.2. The van der Waals surface area contributed by atoms with Gasteiger partial charge in [-0.05, 0) is 17.5 Å². The van der Waals surface area contributed by atoms with E-state index in [9.17, 15) is 4.79 Å². The van der Waals surface area contributed by atoms with Gasteiger partial charge in [0.05, 0.1) is 6.04 Å². The summed E-state index contributed by atoms with van der Waals surface area (Å²) in [6.45, 7) is 1.37. The fourth-order valence-electron chi connectivity index (χ4n) is 2.70. The molecule has 1 aromatic heterocycles. The first-order valence-electron chi connectivity index (χ1n) is 7.28. The Balaban J connectivity index is 1.52. The van der Waals surface area contributed by atoms with E-state index in [4.69, 9.17) is 0 Å². The Morgan fingerprint density at radius 3 is 3.00 bits per heavy atom. The Labute approximate surface area is 124 Å². The monoisotopic (exact) mass is 284 g/mol. The van der Waals surface area contributed by atoms with Crippen LogP contribution in [0.1, 0.15) is 17.0 Å². The van der Waals surface area contributed by atoms with Gasteiger partial charge in [0.25, 0.3) is 0 Å². The van der Waals surface area contributed by atoms with Crippen molar-refractivity contribution in [3.63, 3.8) is 0 Å². The van der Waals surface area contributed by atoms with Gasteiger partial charge in [-0.25, -0.2) is 4.98 Å². The van der Waals surface area contributed by atoms with Crippen molar-refractivity contribution in [2.75, 3.05) is 6.54 Å². The van der Waals surface area contributed by atoms with Crippen LogP contribution in [0.4, 0.5) is 0 Å². The lowest BCUT2D eigenvalue weighted by Gasteiger charge is -2.25. The third-order valence-electron chi connectivity index (χ3n) is 3.97. The van der Waals surface area contributed by atoms with Crippen LogP contribution in [0.5, 0.6) is 0 Å². The van der Waals surface area contributed by atoms with Crippen molar-refractivity contribution in [1.29, 1.82) is 0 Å². The maximum atomic E-state index is 12.2. The molecule has 0 bridgehead atoms. The van der Waals surface area contributed by atoms with E-state index in [1.54, 1.807) is 6.20 Å². The van der Waals surface area contributed by atoms with Crippen molar-refractivity contribution in [3.05, 3.63) is 53.6 Å². The number of aromatic nitrogens is 2. The summed E-state index contributed by atoms with van der Waals surface area (Å²) in [4.78, 5) is 16.5. The zero-order chi connectivity index (χ0) is 14.7. The number of aryl methyl sites for hydroxylation is 1. The molecule has 0 fully saturated rings. The highest BCUT2D eigenvalue weighted by Gasteiger charge is 2.23. The largest absolute Gasteiger partial charge is 0.354 e. The van der Waals surface area contributed by atoms with Gasteiger partial charge in [-0.2, -0.15) is 0 Å². The molecule has 1 aliphatic heterocycles. The summed E-state index contributed by atoms with van der Waals surface area (Å²) in [6.07, 6.45) is 5.19. The lowest BCUT2D eigenvalue weighted by atomic mass is 9.95. The molecule has 2 N–H and O–H groups in total. The van der Waals surface area contributed by atoms with Gasteiger partial charge in [0.1, 0.15) is 5.82 Å². The van der Waals surface area contributed by atoms with Crippen molar-refractivity contribution in [2.45, 2.75) is 25.4 Å². The van der Waals surface area contributed by atoms with Crippen molar-refractivity contribution in [3.8, 4) is 0 Å². The van der Waals surface area contributed by atoms with Crippen molar-refractivity contribution in [2.24, 2.45) is 7.05 Å². The highest BCUT2D eigenvalue weighted by molar-refractivity contribution is 5.82. The van der Waals surface area contributed by atoms with E-state index >= 15 is 0 Å². The minimum atomic E-state index is -0.138. The summed E-state index contributed by atoms with van der Waals surface area (Å²) in [5.74, 6) is 1.05. The Bertz CT molecular complexity index is 635.